The lowest BCUT2D eigenvalue weighted by molar-refractivity contribution is -0.143. The molecule has 5 atom stereocenters. The minimum atomic E-state index is -1.21. The highest BCUT2D eigenvalue weighted by Gasteiger charge is 2.77. The summed E-state index contributed by atoms with van der Waals surface area (Å²) in [6.45, 7) is 2.43. The normalized spacial score (nSPS) is 21.1. The molecule has 1 fully saturated rings. The number of ether oxygens (including phenoxy) is 4. The van der Waals surface area contributed by atoms with Gasteiger partial charge in [0.05, 0.1) is 37.6 Å². The van der Waals surface area contributed by atoms with E-state index >= 15 is 0 Å². The minimum Gasteiger partial charge on any atom is -0.489 e. The Bertz CT molecular complexity index is 2160. The van der Waals surface area contributed by atoms with Crippen molar-refractivity contribution in [2.45, 2.75) is 50.7 Å². The van der Waals surface area contributed by atoms with Crippen molar-refractivity contribution in [1.82, 2.24) is 15.0 Å². The van der Waals surface area contributed by atoms with Crippen molar-refractivity contribution in [3.8, 4) is 16.9 Å². The summed E-state index contributed by atoms with van der Waals surface area (Å²) in [7, 11) is 0. The van der Waals surface area contributed by atoms with Gasteiger partial charge in [-0.3, -0.25) is 0 Å². The maximum Gasteiger partial charge on any atom is 0.168 e. The van der Waals surface area contributed by atoms with Crippen LogP contribution in [0.3, 0.4) is 0 Å². The lowest BCUT2D eigenvalue weighted by Crippen LogP contribution is -2.44. The standard InChI is InChI=1S/C44H41N3O6/c1-30-24-35(47-25-37(45-46-47)34-20-12-5-13-21-34)22-23-36(30)40(49)42-41(50-27-31-14-6-2-7-15-31)39-43(51-28-32-16-8-3-9-17-32)44(39,38(26-48)53-42)52-29-33-18-10-4-11-19-33/h2-25,38-40,43,48-49H,26-29H2,1H3/t38?,39?,40-,43?,44?/m1/s1. The third-order valence-corrected chi connectivity index (χ3v) is 10.1. The molecule has 5 aromatic carbocycles. The summed E-state index contributed by atoms with van der Waals surface area (Å²) in [6, 6.07) is 45.3. The molecule has 9 nitrogen and oxygen atoms in total. The predicted molar refractivity (Wildman–Crippen MR) is 199 cm³/mol. The van der Waals surface area contributed by atoms with E-state index in [9.17, 15) is 10.2 Å². The van der Waals surface area contributed by atoms with E-state index in [0.717, 1.165) is 39.2 Å². The molecular weight excluding hydrogens is 666 g/mol. The molecule has 0 radical (unpaired) electrons. The van der Waals surface area contributed by atoms with Gasteiger partial charge in [0.2, 0.25) is 0 Å². The van der Waals surface area contributed by atoms with Gasteiger partial charge in [-0.1, -0.05) is 133 Å². The number of hydrogen-bond donors (Lipinski definition) is 2. The van der Waals surface area contributed by atoms with Gasteiger partial charge in [0, 0.05) is 5.56 Å². The van der Waals surface area contributed by atoms with E-state index in [0.29, 0.717) is 17.9 Å². The Balaban J connectivity index is 1.15. The van der Waals surface area contributed by atoms with Crippen LogP contribution in [0.2, 0.25) is 0 Å². The van der Waals surface area contributed by atoms with Gasteiger partial charge in [-0.05, 0) is 46.9 Å². The highest BCUT2D eigenvalue weighted by atomic mass is 16.6. The summed E-state index contributed by atoms with van der Waals surface area (Å²) in [5.41, 5.74) is 5.86. The van der Waals surface area contributed by atoms with Gasteiger partial charge in [0.25, 0.3) is 0 Å². The van der Waals surface area contributed by atoms with Gasteiger partial charge in [-0.25, -0.2) is 4.68 Å². The lowest BCUT2D eigenvalue weighted by atomic mass is 9.97. The molecule has 268 valence electrons. The highest BCUT2D eigenvalue weighted by molar-refractivity contribution is 5.58. The van der Waals surface area contributed by atoms with E-state index < -0.39 is 29.8 Å². The molecule has 6 aromatic rings. The third kappa shape index (κ3) is 7.00. The third-order valence-electron chi connectivity index (χ3n) is 10.1. The largest absolute Gasteiger partial charge is 0.489 e. The molecule has 1 aliphatic carbocycles. The summed E-state index contributed by atoms with van der Waals surface area (Å²) < 4.78 is 28.4. The summed E-state index contributed by atoms with van der Waals surface area (Å²) >= 11 is 0. The minimum absolute atomic E-state index is 0.234. The molecule has 0 saturated heterocycles. The van der Waals surface area contributed by atoms with Crippen LogP contribution in [0.1, 0.15) is 33.9 Å². The molecule has 53 heavy (non-hydrogen) atoms. The second kappa shape index (κ2) is 15.2. The summed E-state index contributed by atoms with van der Waals surface area (Å²) in [5.74, 6) is 0.224. The van der Waals surface area contributed by atoms with E-state index in [4.69, 9.17) is 18.9 Å². The number of fused-ring (bicyclic) bond motifs is 1. The first-order valence-electron chi connectivity index (χ1n) is 17.8. The van der Waals surface area contributed by atoms with Gasteiger partial charge < -0.3 is 29.2 Å². The van der Waals surface area contributed by atoms with Crippen LogP contribution in [0, 0.1) is 12.8 Å². The number of hydrogen-bond acceptors (Lipinski definition) is 8. The Hall–Kier alpha value is -5.58. The first-order chi connectivity index (χ1) is 26.0. The fourth-order valence-electron chi connectivity index (χ4n) is 7.23. The van der Waals surface area contributed by atoms with Crippen LogP contribution in [0.15, 0.2) is 157 Å². The number of aromatic nitrogens is 3. The smallest absolute Gasteiger partial charge is 0.168 e. The van der Waals surface area contributed by atoms with Gasteiger partial charge in [-0.2, -0.15) is 0 Å². The van der Waals surface area contributed by atoms with E-state index in [1.54, 1.807) is 4.68 Å². The van der Waals surface area contributed by atoms with Crippen molar-refractivity contribution in [3.63, 3.8) is 0 Å². The van der Waals surface area contributed by atoms with Crippen molar-refractivity contribution in [2.24, 2.45) is 5.92 Å². The predicted octanol–water partition coefficient (Wildman–Crippen LogP) is 7.27. The molecule has 8 rings (SSSR count). The first kappa shape index (κ1) is 34.5. The van der Waals surface area contributed by atoms with Crippen molar-refractivity contribution in [1.29, 1.82) is 0 Å². The maximum absolute atomic E-state index is 12.2. The molecule has 1 saturated carbocycles. The zero-order valence-electron chi connectivity index (χ0n) is 29.4. The number of nitrogens with zero attached hydrogens (tertiary/aromatic N) is 3. The number of aryl methyl sites for hydroxylation is 1. The number of aliphatic hydroxyl groups is 2. The van der Waals surface area contributed by atoms with Crippen LogP contribution in [-0.2, 0) is 38.8 Å². The molecule has 0 spiro atoms. The molecule has 0 amide bonds. The molecule has 0 bridgehead atoms. The van der Waals surface area contributed by atoms with Gasteiger partial charge in [0.15, 0.2) is 11.9 Å². The maximum atomic E-state index is 12.2. The molecular formula is C44H41N3O6. The zero-order valence-corrected chi connectivity index (χ0v) is 29.4. The molecule has 2 N–H and O–H groups in total. The van der Waals surface area contributed by atoms with Crippen molar-refractivity contribution in [3.05, 3.63) is 185 Å². The van der Waals surface area contributed by atoms with E-state index in [-0.39, 0.29) is 25.6 Å². The van der Waals surface area contributed by atoms with E-state index in [1.807, 2.05) is 153 Å². The van der Waals surface area contributed by atoms with Crippen molar-refractivity contribution < 1.29 is 29.2 Å². The Labute approximate surface area is 308 Å². The number of aliphatic hydroxyl groups excluding tert-OH is 2. The lowest BCUT2D eigenvalue weighted by Gasteiger charge is -2.35. The second-order valence-corrected chi connectivity index (χ2v) is 13.5. The Morgan fingerprint density at radius 3 is 2.00 bits per heavy atom. The van der Waals surface area contributed by atoms with Crippen molar-refractivity contribution >= 4 is 0 Å². The fraction of sp³-hybridized carbons (Fsp3) is 0.227. The Kier molecular flexibility index (Phi) is 9.88. The van der Waals surface area contributed by atoms with Gasteiger partial charge >= 0.3 is 0 Å². The fourth-order valence-corrected chi connectivity index (χ4v) is 7.23. The monoisotopic (exact) mass is 707 g/mol. The SMILES string of the molecule is Cc1cc(-n2cc(-c3ccccc3)nn2)ccc1[C@@H](O)C1=C(OCc2ccccc2)C2C(OCc3ccccc3)C2(OCc2ccccc2)C(CO)O1. The van der Waals surface area contributed by atoms with Crippen LogP contribution < -0.4 is 0 Å². The van der Waals surface area contributed by atoms with Crippen LogP contribution in [-0.4, -0.2) is 49.6 Å². The number of rotatable bonds is 14. The number of benzene rings is 5. The first-order valence-corrected chi connectivity index (χ1v) is 17.8. The van der Waals surface area contributed by atoms with E-state index in [2.05, 4.69) is 10.3 Å². The Morgan fingerprint density at radius 2 is 1.38 bits per heavy atom. The molecule has 2 aliphatic rings. The quantitative estimate of drug-likeness (QED) is 0.122. The molecule has 1 aromatic heterocycles. The van der Waals surface area contributed by atoms with Crippen LogP contribution in [0.5, 0.6) is 0 Å². The van der Waals surface area contributed by atoms with Crippen molar-refractivity contribution in [2.75, 3.05) is 6.61 Å². The summed E-state index contributed by atoms with van der Waals surface area (Å²) in [4.78, 5) is 0. The zero-order chi connectivity index (χ0) is 36.2. The van der Waals surface area contributed by atoms with Gasteiger partial charge in [0.1, 0.15) is 35.9 Å². The highest BCUT2D eigenvalue weighted by Crippen LogP contribution is 2.62. The summed E-state index contributed by atoms with van der Waals surface area (Å²) in [5, 5.41) is 31.8. The molecule has 1 aliphatic heterocycles. The molecule has 9 heteroatoms. The topological polar surface area (TPSA) is 108 Å². The van der Waals surface area contributed by atoms with Crippen LogP contribution >= 0.6 is 0 Å². The molecule has 2 heterocycles. The Morgan fingerprint density at radius 1 is 0.774 bits per heavy atom. The summed E-state index contributed by atoms with van der Waals surface area (Å²) in [6.07, 6.45) is -0.681. The average molecular weight is 708 g/mol. The van der Waals surface area contributed by atoms with Gasteiger partial charge in [-0.15, -0.1) is 5.10 Å². The second-order valence-electron chi connectivity index (χ2n) is 13.5. The average Bonchev–Trinajstić information content (AvgIpc) is 3.59. The molecule has 4 unspecified atom stereocenters. The van der Waals surface area contributed by atoms with Crippen LogP contribution in [0.25, 0.3) is 16.9 Å². The van der Waals surface area contributed by atoms with Crippen LogP contribution in [0.4, 0.5) is 0 Å². The van der Waals surface area contributed by atoms with E-state index in [1.165, 1.54) is 0 Å².